The smallest absolute Gasteiger partial charge is 0.257 e. The van der Waals surface area contributed by atoms with Crippen molar-refractivity contribution in [1.29, 1.82) is 0 Å². The number of aromatic nitrogens is 2. The van der Waals surface area contributed by atoms with Crippen LogP contribution < -0.4 is 5.73 Å². The Hall–Kier alpha value is -1.95. The number of rotatable bonds is 5. The van der Waals surface area contributed by atoms with Crippen molar-refractivity contribution in [1.82, 2.24) is 14.5 Å². The van der Waals surface area contributed by atoms with E-state index in [4.69, 9.17) is 18.0 Å². The Morgan fingerprint density at radius 1 is 1.50 bits per heavy atom. The maximum absolute atomic E-state index is 12.7. The Bertz CT molecular complexity index is 635. The molecule has 106 valence electrons. The quantitative estimate of drug-likeness (QED) is 0.854. The minimum atomic E-state index is -0.0440. The van der Waals surface area contributed by atoms with Gasteiger partial charge in [-0.25, -0.2) is 4.52 Å². The van der Waals surface area contributed by atoms with Crippen LogP contribution in [0.1, 0.15) is 30.6 Å². The highest BCUT2D eigenvalue weighted by Crippen LogP contribution is 2.15. The number of thiocarbonyl (C=S) groups is 1. The van der Waals surface area contributed by atoms with Gasteiger partial charge in [-0.2, -0.15) is 5.10 Å². The first-order valence-corrected chi connectivity index (χ1v) is 6.93. The Kier molecular flexibility index (Phi) is 4.34. The zero-order valence-corrected chi connectivity index (χ0v) is 12.4. The third kappa shape index (κ3) is 2.96. The van der Waals surface area contributed by atoms with Crippen LogP contribution in [0.25, 0.3) is 5.52 Å². The van der Waals surface area contributed by atoms with Crippen LogP contribution in [-0.4, -0.2) is 38.0 Å². The van der Waals surface area contributed by atoms with Crippen molar-refractivity contribution in [2.45, 2.75) is 26.3 Å². The molecule has 2 N–H and O–H groups in total. The van der Waals surface area contributed by atoms with E-state index in [1.54, 1.807) is 15.6 Å². The van der Waals surface area contributed by atoms with Crippen LogP contribution in [0.4, 0.5) is 0 Å². The summed E-state index contributed by atoms with van der Waals surface area (Å²) in [5.41, 5.74) is 6.93. The Labute approximate surface area is 123 Å². The van der Waals surface area contributed by atoms with Gasteiger partial charge in [-0.05, 0) is 26.0 Å². The topological polar surface area (TPSA) is 63.6 Å². The standard InChI is InChI=1S/C14H18N4OS/c1-10(2)17(8-6-13(15)20)14(19)11-9-16-18-7-4-3-5-12(11)18/h3-5,7,9-10H,6,8H2,1-2H3,(H2,15,20). The Morgan fingerprint density at radius 2 is 2.25 bits per heavy atom. The van der Waals surface area contributed by atoms with Gasteiger partial charge in [0.25, 0.3) is 5.91 Å². The Morgan fingerprint density at radius 3 is 2.90 bits per heavy atom. The molecule has 6 heteroatoms. The molecule has 0 aliphatic heterocycles. The zero-order chi connectivity index (χ0) is 14.7. The van der Waals surface area contributed by atoms with Crippen molar-refractivity contribution < 1.29 is 4.79 Å². The Balaban J connectivity index is 2.29. The summed E-state index contributed by atoms with van der Waals surface area (Å²) < 4.78 is 1.69. The summed E-state index contributed by atoms with van der Waals surface area (Å²) in [7, 11) is 0. The largest absolute Gasteiger partial charge is 0.393 e. The van der Waals surface area contributed by atoms with E-state index in [2.05, 4.69) is 5.10 Å². The van der Waals surface area contributed by atoms with Crippen molar-refractivity contribution >= 4 is 28.6 Å². The first-order valence-electron chi connectivity index (χ1n) is 6.52. The van der Waals surface area contributed by atoms with E-state index < -0.39 is 0 Å². The molecule has 2 aromatic rings. The molecule has 0 aromatic carbocycles. The number of hydrogen-bond donors (Lipinski definition) is 1. The number of nitrogens with two attached hydrogens (primary N) is 1. The second-order valence-electron chi connectivity index (χ2n) is 4.90. The van der Waals surface area contributed by atoms with Crippen LogP contribution in [0.2, 0.25) is 0 Å². The van der Waals surface area contributed by atoms with E-state index >= 15 is 0 Å². The van der Waals surface area contributed by atoms with E-state index in [0.717, 1.165) is 5.52 Å². The van der Waals surface area contributed by atoms with Crippen LogP contribution in [0.3, 0.4) is 0 Å². The van der Waals surface area contributed by atoms with Gasteiger partial charge >= 0.3 is 0 Å². The summed E-state index contributed by atoms with van der Waals surface area (Å²) in [6.07, 6.45) is 3.95. The van der Waals surface area contributed by atoms with Crippen molar-refractivity contribution in [3.8, 4) is 0 Å². The molecule has 2 heterocycles. The minimum Gasteiger partial charge on any atom is -0.393 e. The number of amides is 1. The van der Waals surface area contributed by atoms with Crippen molar-refractivity contribution in [2.24, 2.45) is 5.73 Å². The highest BCUT2D eigenvalue weighted by Gasteiger charge is 2.21. The monoisotopic (exact) mass is 290 g/mol. The van der Waals surface area contributed by atoms with E-state index in [-0.39, 0.29) is 11.9 Å². The van der Waals surface area contributed by atoms with Gasteiger partial charge in [0.05, 0.1) is 22.3 Å². The average molecular weight is 290 g/mol. The van der Waals surface area contributed by atoms with Gasteiger partial charge in [-0.3, -0.25) is 4.79 Å². The highest BCUT2D eigenvalue weighted by molar-refractivity contribution is 7.80. The third-order valence-corrected chi connectivity index (χ3v) is 3.34. The van der Waals surface area contributed by atoms with Gasteiger partial charge in [0.1, 0.15) is 0 Å². The van der Waals surface area contributed by atoms with Gasteiger partial charge < -0.3 is 10.6 Å². The highest BCUT2D eigenvalue weighted by atomic mass is 32.1. The number of carbonyl (C=O) groups excluding carboxylic acids is 1. The summed E-state index contributed by atoms with van der Waals surface area (Å²) in [5, 5.41) is 4.20. The number of nitrogens with zero attached hydrogens (tertiary/aromatic N) is 3. The second kappa shape index (κ2) is 6.00. The van der Waals surface area contributed by atoms with Gasteiger partial charge in [0.15, 0.2) is 0 Å². The van der Waals surface area contributed by atoms with Gasteiger partial charge in [0.2, 0.25) is 0 Å². The van der Waals surface area contributed by atoms with Crippen LogP contribution in [0.5, 0.6) is 0 Å². The summed E-state index contributed by atoms with van der Waals surface area (Å²) in [6.45, 7) is 4.47. The SMILES string of the molecule is CC(C)N(CCC(N)=S)C(=O)c1cnn2ccccc12. The molecule has 0 aliphatic carbocycles. The first-order chi connectivity index (χ1) is 9.50. The molecule has 0 spiro atoms. The molecule has 0 saturated heterocycles. The number of fused-ring (bicyclic) bond motifs is 1. The summed E-state index contributed by atoms with van der Waals surface area (Å²) in [5.74, 6) is -0.0440. The molecular formula is C14H18N4OS. The van der Waals surface area contributed by atoms with Gasteiger partial charge in [-0.1, -0.05) is 18.3 Å². The lowest BCUT2D eigenvalue weighted by atomic mass is 10.2. The van der Waals surface area contributed by atoms with E-state index in [1.165, 1.54) is 0 Å². The predicted octanol–water partition coefficient (Wildman–Crippen LogP) is 1.86. The van der Waals surface area contributed by atoms with Crippen LogP contribution in [-0.2, 0) is 0 Å². The predicted molar refractivity (Wildman–Crippen MR) is 82.8 cm³/mol. The van der Waals surface area contributed by atoms with E-state index in [0.29, 0.717) is 23.5 Å². The molecule has 0 aliphatic rings. The second-order valence-corrected chi connectivity index (χ2v) is 5.42. The number of carbonyl (C=O) groups is 1. The van der Waals surface area contributed by atoms with Crippen LogP contribution >= 0.6 is 12.2 Å². The maximum Gasteiger partial charge on any atom is 0.257 e. The molecule has 1 amide bonds. The molecule has 0 bridgehead atoms. The normalized spacial score (nSPS) is 10.9. The molecule has 2 rings (SSSR count). The van der Waals surface area contributed by atoms with Crippen LogP contribution in [0, 0.1) is 0 Å². The average Bonchev–Trinajstić information content (AvgIpc) is 2.81. The van der Waals surface area contributed by atoms with Gasteiger partial charge in [0, 0.05) is 25.2 Å². The molecule has 0 unspecified atom stereocenters. The fourth-order valence-electron chi connectivity index (χ4n) is 2.08. The van der Waals surface area contributed by atoms with Crippen molar-refractivity contribution in [3.63, 3.8) is 0 Å². The minimum absolute atomic E-state index is 0.0440. The fraction of sp³-hybridized carbons (Fsp3) is 0.357. The maximum atomic E-state index is 12.7. The first kappa shape index (κ1) is 14.5. The number of pyridine rings is 1. The molecule has 2 aromatic heterocycles. The molecular weight excluding hydrogens is 272 g/mol. The molecule has 5 nitrogen and oxygen atoms in total. The fourth-order valence-corrected chi connectivity index (χ4v) is 2.17. The van der Waals surface area contributed by atoms with E-state index in [1.807, 2.05) is 38.2 Å². The summed E-state index contributed by atoms with van der Waals surface area (Å²) >= 11 is 4.89. The van der Waals surface area contributed by atoms with Crippen LogP contribution in [0.15, 0.2) is 30.6 Å². The number of hydrogen-bond acceptors (Lipinski definition) is 3. The molecule has 0 saturated carbocycles. The summed E-state index contributed by atoms with van der Waals surface area (Å²) in [4.78, 5) is 14.8. The van der Waals surface area contributed by atoms with Crippen molar-refractivity contribution in [2.75, 3.05) is 6.54 Å². The molecule has 20 heavy (non-hydrogen) atoms. The zero-order valence-electron chi connectivity index (χ0n) is 11.6. The van der Waals surface area contributed by atoms with Crippen molar-refractivity contribution in [3.05, 3.63) is 36.2 Å². The molecule has 0 fully saturated rings. The summed E-state index contributed by atoms with van der Waals surface area (Å²) in [6, 6.07) is 5.73. The lowest BCUT2D eigenvalue weighted by molar-refractivity contribution is 0.0713. The molecule has 0 atom stereocenters. The lowest BCUT2D eigenvalue weighted by Gasteiger charge is -2.26. The van der Waals surface area contributed by atoms with E-state index in [9.17, 15) is 4.79 Å². The lowest BCUT2D eigenvalue weighted by Crippen LogP contribution is -2.38. The molecule has 0 radical (unpaired) electrons. The van der Waals surface area contributed by atoms with Gasteiger partial charge in [-0.15, -0.1) is 0 Å². The third-order valence-electron chi connectivity index (χ3n) is 3.14.